The Morgan fingerprint density at radius 2 is 1.55 bits per heavy atom. The second-order valence-corrected chi connectivity index (χ2v) is 6.79. The van der Waals surface area contributed by atoms with E-state index in [1.807, 2.05) is 0 Å². The average molecular weight is 285 g/mol. The molecule has 1 unspecified atom stereocenters. The highest BCUT2D eigenvalue weighted by atomic mass is 19.4. The molecule has 20 heavy (non-hydrogen) atoms. The molecule has 1 atom stereocenters. The molecule has 1 nitrogen and oxygen atoms in total. The third kappa shape index (κ3) is 2.58. The lowest BCUT2D eigenvalue weighted by Gasteiger charge is -2.22. The molecule has 1 aromatic rings. The van der Waals surface area contributed by atoms with Crippen molar-refractivity contribution in [3.63, 3.8) is 0 Å². The van der Waals surface area contributed by atoms with Crippen molar-refractivity contribution >= 4 is 0 Å². The van der Waals surface area contributed by atoms with Crippen molar-refractivity contribution < 1.29 is 13.2 Å². The second kappa shape index (κ2) is 4.76. The smallest absolute Gasteiger partial charge is 0.302 e. The molecule has 112 valence electrons. The molecule has 1 aromatic carbocycles. The molecule has 0 heterocycles. The minimum atomic E-state index is -4.27. The molecule has 1 aliphatic carbocycles. The Morgan fingerprint density at radius 3 is 1.95 bits per heavy atom. The lowest BCUT2D eigenvalue weighted by molar-refractivity contribution is -0.158. The zero-order valence-electron chi connectivity index (χ0n) is 12.4. The quantitative estimate of drug-likeness (QED) is 0.855. The van der Waals surface area contributed by atoms with Crippen molar-refractivity contribution in [1.29, 1.82) is 0 Å². The first-order valence-corrected chi connectivity index (χ1v) is 6.93. The Morgan fingerprint density at radius 1 is 1.05 bits per heavy atom. The number of alkyl halides is 3. The van der Waals surface area contributed by atoms with Crippen LogP contribution in [0.3, 0.4) is 0 Å². The first-order chi connectivity index (χ1) is 9.08. The lowest BCUT2D eigenvalue weighted by Crippen LogP contribution is -2.36. The molecule has 1 N–H and O–H groups in total. The summed E-state index contributed by atoms with van der Waals surface area (Å²) < 4.78 is 39.6. The summed E-state index contributed by atoms with van der Waals surface area (Å²) in [5.74, 6) is 0.267. The first-order valence-electron chi connectivity index (χ1n) is 6.93. The van der Waals surface area contributed by atoms with Gasteiger partial charge in [-0.1, -0.05) is 58.0 Å². The highest BCUT2D eigenvalue weighted by molar-refractivity contribution is 5.21. The standard InChI is InChI=1S/C16H22F3N/c1-14(2)12(15(14,3)4)10-20-13(16(17,18)19)11-8-6-5-7-9-11/h5-9,12-13,20H,10H2,1-4H3. The van der Waals surface area contributed by atoms with Crippen molar-refractivity contribution in [2.24, 2.45) is 16.7 Å². The Balaban J connectivity index is 2.08. The molecule has 1 fully saturated rings. The van der Waals surface area contributed by atoms with Crippen LogP contribution in [0.25, 0.3) is 0 Å². The summed E-state index contributed by atoms with van der Waals surface area (Å²) in [6, 6.07) is 6.46. The van der Waals surface area contributed by atoms with E-state index in [4.69, 9.17) is 0 Å². The number of benzene rings is 1. The van der Waals surface area contributed by atoms with Gasteiger partial charge < -0.3 is 5.32 Å². The van der Waals surface area contributed by atoms with Crippen LogP contribution in [0.2, 0.25) is 0 Å². The van der Waals surface area contributed by atoms with Crippen LogP contribution in [0.4, 0.5) is 13.2 Å². The van der Waals surface area contributed by atoms with Crippen LogP contribution in [-0.4, -0.2) is 12.7 Å². The van der Waals surface area contributed by atoms with Gasteiger partial charge in [0.05, 0.1) is 0 Å². The van der Waals surface area contributed by atoms with Gasteiger partial charge in [-0.2, -0.15) is 13.2 Å². The van der Waals surface area contributed by atoms with Crippen LogP contribution in [0.15, 0.2) is 30.3 Å². The third-order valence-electron chi connectivity index (χ3n) is 5.31. The molecular weight excluding hydrogens is 263 g/mol. The predicted molar refractivity (Wildman–Crippen MR) is 74.3 cm³/mol. The molecule has 4 heteroatoms. The predicted octanol–water partition coefficient (Wildman–Crippen LogP) is 4.56. The summed E-state index contributed by atoms with van der Waals surface area (Å²) in [6.45, 7) is 8.85. The Hall–Kier alpha value is -1.03. The van der Waals surface area contributed by atoms with Gasteiger partial charge in [-0.3, -0.25) is 0 Å². The van der Waals surface area contributed by atoms with Crippen molar-refractivity contribution in [2.45, 2.75) is 39.9 Å². The van der Waals surface area contributed by atoms with Crippen LogP contribution >= 0.6 is 0 Å². The number of halogens is 3. The summed E-state index contributed by atoms with van der Waals surface area (Å²) in [4.78, 5) is 0. The Kier molecular flexibility index (Phi) is 3.66. The van der Waals surface area contributed by atoms with Crippen LogP contribution in [0.5, 0.6) is 0 Å². The fourth-order valence-electron chi connectivity index (χ4n) is 3.15. The van der Waals surface area contributed by atoms with Crippen molar-refractivity contribution in [1.82, 2.24) is 5.32 Å². The maximum absolute atomic E-state index is 13.2. The van der Waals surface area contributed by atoms with E-state index in [0.717, 1.165) is 0 Å². The first kappa shape index (κ1) is 15.4. The molecule has 1 aliphatic rings. The monoisotopic (exact) mass is 285 g/mol. The van der Waals surface area contributed by atoms with Gasteiger partial charge in [0.2, 0.25) is 0 Å². The highest BCUT2D eigenvalue weighted by Crippen LogP contribution is 2.68. The van der Waals surface area contributed by atoms with E-state index in [2.05, 4.69) is 33.0 Å². The van der Waals surface area contributed by atoms with Gasteiger partial charge in [0.1, 0.15) is 6.04 Å². The molecule has 0 saturated heterocycles. The molecule has 0 radical (unpaired) electrons. The van der Waals surface area contributed by atoms with E-state index >= 15 is 0 Å². The summed E-state index contributed by atoms with van der Waals surface area (Å²) >= 11 is 0. The zero-order chi connectivity index (χ0) is 15.2. The fourth-order valence-corrected chi connectivity index (χ4v) is 3.15. The van der Waals surface area contributed by atoms with Gasteiger partial charge in [-0.15, -0.1) is 0 Å². The number of rotatable bonds is 4. The second-order valence-electron chi connectivity index (χ2n) is 6.79. The van der Waals surface area contributed by atoms with E-state index < -0.39 is 12.2 Å². The van der Waals surface area contributed by atoms with Crippen molar-refractivity contribution in [2.75, 3.05) is 6.54 Å². The van der Waals surface area contributed by atoms with E-state index in [9.17, 15) is 13.2 Å². The van der Waals surface area contributed by atoms with Crippen LogP contribution in [0, 0.1) is 16.7 Å². The van der Waals surface area contributed by atoms with E-state index in [-0.39, 0.29) is 22.3 Å². The topological polar surface area (TPSA) is 12.0 Å². The van der Waals surface area contributed by atoms with E-state index in [1.54, 1.807) is 18.2 Å². The minimum absolute atomic E-state index is 0.0901. The molecule has 1 saturated carbocycles. The molecule has 0 spiro atoms. The van der Waals surface area contributed by atoms with Gasteiger partial charge >= 0.3 is 6.18 Å². The average Bonchev–Trinajstić information content (AvgIpc) is 2.71. The largest absolute Gasteiger partial charge is 0.407 e. The molecule has 2 rings (SSSR count). The molecule has 0 aromatic heterocycles. The highest BCUT2D eigenvalue weighted by Gasteiger charge is 2.64. The van der Waals surface area contributed by atoms with Crippen molar-refractivity contribution in [3.05, 3.63) is 35.9 Å². The number of hydrogen-bond donors (Lipinski definition) is 1. The van der Waals surface area contributed by atoms with Gasteiger partial charge in [-0.05, 0) is 28.9 Å². The maximum atomic E-state index is 13.2. The summed E-state index contributed by atoms with van der Waals surface area (Å²) in [5, 5.41) is 2.72. The van der Waals surface area contributed by atoms with Crippen LogP contribution in [0.1, 0.15) is 39.3 Å². The normalized spacial score (nSPS) is 22.6. The molecular formula is C16H22F3N. The molecule has 0 aliphatic heterocycles. The number of nitrogens with one attached hydrogen (secondary N) is 1. The Labute approximate surface area is 118 Å². The summed E-state index contributed by atoms with van der Waals surface area (Å²) in [7, 11) is 0. The van der Waals surface area contributed by atoms with Crippen LogP contribution < -0.4 is 5.32 Å². The summed E-state index contributed by atoms with van der Waals surface area (Å²) in [5.41, 5.74) is 0.455. The minimum Gasteiger partial charge on any atom is -0.302 e. The van der Waals surface area contributed by atoms with Crippen molar-refractivity contribution in [3.8, 4) is 0 Å². The maximum Gasteiger partial charge on any atom is 0.407 e. The summed E-state index contributed by atoms with van der Waals surface area (Å²) in [6.07, 6.45) is -4.27. The van der Waals surface area contributed by atoms with E-state index in [0.29, 0.717) is 6.54 Å². The SMILES string of the molecule is CC1(C)C(CNC(c2ccccc2)C(F)(F)F)C1(C)C. The van der Waals surface area contributed by atoms with Gasteiger partial charge in [0.15, 0.2) is 0 Å². The molecule has 0 bridgehead atoms. The van der Waals surface area contributed by atoms with Gasteiger partial charge in [-0.25, -0.2) is 0 Å². The van der Waals surface area contributed by atoms with Crippen LogP contribution in [-0.2, 0) is 0 Å². The van der Waals surface area contributed by atoms with Gasteiger partial charge in [0, 0.05) is 0 Å². The number of hydrogen-bond acceptors (Lipinski definition) is 1. The van der Waals surface area contributed by atoms with E-state index in [1.165, 1.54) is 12.1 Å². The van der Waals surface area contributed by atoms with Gasteiger partial charge in [0.25, 0.3) is 0 Å². The lowest BCUT2D eigenvalue weighted by atomic mass is 10.0. The molecule has 0 amide bonds. The fraction of sp³-hybridized carbons (Fsp3) is 0.625. The zero-order valence-corrected chi connectivity index (χ0v) is 12.4. The Bertz CT molecular complexity index is 448. The third-order valence-corrected chi connectivity index (χ3v) is 5.31.